The van der Waals surface area contributed by atoms with E-state index in [0.29, 0.717) is 0 Å². The van der Waals surface area contributed by atoms with Crippen molar-refractivity contribution < 1.29 is 0 Å². The predicted molar refractivity (Wildman–Crippen MR) is 107 cm³/mol. The Morgan fingerprint density at radius 3 is 2.73 bits per heavy atom. The fourth-order valence-corrected chi connectivity index (χ4v) is 3.52. The summed E-state index contributed by atoms with van der Waals surface area (Å²) in [6, 6.07) is 2.92. The number of guanidine groups is 1. The Bertz CT molecular complexity index is 416. The van der Waals surface area contributed by atoms with E-state index in [2.05, 4.69) is 44.4 Å². The van der Waals surface area contributed by atoms with E-state index in [1.54, 1.807) is 11.3 Å². The molecule has 0 saturated heterocycles. The molecule has 4 nitrogen and oxygen atoms in total. The van der Waals surface area contributed by atoms with E-state index >= 15 is 0 Å². The standard InChI is InChI=1S/C16H28N4S.HI/c1-17-16(19-12-14-8-11-21-13-14)18-9-10-20(2)15-6-4-3-5-7-15;/h8,11,13,15H,3-7,9-10,12H2,1-2H3,(H2,17,18,19);1H. The molecular weight excluding hydrogens is 407 g/mol. The van der Waals surface area contributed by atoms with Crippen LogP contribution in [0.3, 0.4) is 0 Å². The van der Waals surface area contributed by atoms with Gasteiger partial charge in [0, 0.05) is 32.7 Å². The predicted octanol–water partition coefficient (Wildman–Crippen LogP) is 3.30. The van der Waals surface area contributed by atoms with Crippen LogP contribution in [0, 0.1) is 0 Å². The van der Waals surface area contributed by atoms with Crippen LogP contribution in [0.25, 0.3) is 0 Å². The second-order valence-electron chi connectivity index (χ2n) is 5.76. The normalized spacial score (nSPS) is 16.4. The van der Waals surface area contributed by atoms with Crippen molar-refractivity contribution >= 4 is 41.3 Å². The van der Waals surface area contributed by atoms with Crippen LogP contribution in [-0.4, -0.2) is 44.1 Å². The van der Waals surface area contributed by atoms with Crippen molar-refractivity contribution in [3.63, 3.8) is 0 Å². The highest BCUT2D eigenvalue weighted by molar-refractivity contribution is 14.0. The van der Waals surface area contributed by atoms with Crippen LogP contribution in [0.4, 0.5) is 0 Å². The molecule has 1 fully saturated rings. The maximum absolute atomic E-state index is 4.28. The van der Waals surface area contributed by atoms with Gasteiger partial charge in [-0.05, 0) is 42.3 Å². The van der Waals surface area contributed by atoms with Crippen molar-refractivity contribution in [2.75, 3.05) is 27.2 Å². The highest BCUT2D eigenvalue weighted by atomic mass is 127. The zero-order valence-electron chi connectivity index (χ0n) is 13.7. The minimum Gasteiger partial charge on any atom is -0.355 e. The average molecular weight is 436 g/mol. The molecule has 1 aliphatic rings. The SMILES string of the molecule is CN=C(NCCN(C)C1CCCCC1)NCc1ccsc1.I. The first-order chi connectivity index (χ1) is 10.3. The Morgan fingerprint density at radius 1 is 1.32 bits per heavy atom. The zero-order valence-corrected chi connectivity index (χ0v) is 16.8. The van der Waals surface area contributed by atoms with Crippen molar-refractivity contribution in [3.8, 4) is 0 Å². The number of aliphatic imine (C=N–C) groups is 1. The van der Waals surface area contributed by atoms with E-state index < -0.39 is 0 Å². The fraction of sp³-hybridized carbons (Fsp3) is 0.688. The topological polar surface area (TPSA) is 39.7 Å². The van der Waals surface area contributed by atoms with Gasteiger partial charge in [-0.1, -0.05) is 19.3 Å². The molecule has 0 spiro atoms. The van der Waals surface area contributed by atoms with Gasteiger partial charge in [-0.3, -0.25) is 4.99 Å². The van der Waals surface area contributed by atoms with E-state index in [9.17, 15) is 0 Å². The van der Waals surface area contributed by atoms with Gasteiger partial charge in [-0.15, -0.1) is 24.0 Å². The second kappa shape index (κ2) is 11.2. The summed E-state index contributed by atoms with van der Waals surface area (Å²) in [5, 5.41) is 11.0. The van der Waals surface area contributed by atoms with Crippen molar-refractivity contribution in [2.24, 2.45) is 4.99 Å². The van der Waals surface area contributed by atoms with Gasteiger partial charge in [0.05, 0.1) is 0 Å². The molecule has 0 aliphatic heterocycles. The first-order valence-corrected chi connectivity index (χ1v) is 8.89. The van der Waals surface area contributed by atoms with E-state index in [-0.39, 0.29) is 24.0 Å². The lowest BCUT2D eigenvalue weighted by Crippen LogP contribution is -2.43. The first kappa shape index (κ1) is 19.7. The third-order valence-corrected chi connectivity index (χ3v) is 4.95. The number of nitrogens with zero attached hydrogens (tertiary/aromatic N) is 2. The summed E-state index contributed by atoms with van der Waals surface area (Å²) in [4.78, 5) is 6.77. The molecule has 0 radical (unpaired) electrons. The number of halogens is 1. The van der Waals surface area contributed by atoms with Crippen molar-refractivity contribution in [2.45, 2.75) is 44.7 Å². The summed E-state index contributed by atoms with van der Waals surface area (Å²) in [5.41, 5.74) is 1.31. The molecule has 6 heteroatoms. The van der Waals surface area contributed by atoms with Crippen LogP contribution < -0.4 is 10.6 Å². The molecule has 1 saturated carbocycles. The Morgan fingerprint density at radius 2 is 2.09 bits per heavy atom. The number of rotatable bonds is 6. The molecule has 0 atom stereocenters. The largest absolute Gasteiger partial charge is 0.355 e. The lowest BCUT2D eigenvalue weighted by atomic mass is 9.94. The molecule has 1 aromatic rings. The van der Waals surface area contributed by atoms with Crippen LogP contribution in [0.2, 0.25) is 0 Å². The summed E-state index contributed by atoms with van der Waals surface area (Å²) >= 11 is 1.73. The van der Waals surface area contributed by atoms with Gasteiger partial charge >= 0.3 is 0 Å². The molecule has 1 aromatic heterocycles. The third-order valence-electron chi connectivity index (χ3n) is 4.22. The van der Waals surface area contributed by atoms with Crippen LogP contribution in [0.5, 0.6) is 0 Å². The van der Waals surface area contributed by atoms with Gasteiger partial charge in [0.15, 0.2) is 5.96 Å². The molecule has 2 N–H and O–H groups in total. The number of thiophene rings is 1. The van der Waals surface area contributed by atoms with Crippen LogP contribution in [-0.2, 0) is 6.54 Å². The van der Waals surface area contributed by atoms with E-state index in [1.807, 2.05) is 7.05 Å². The van der Waals surface area contributed by atoms with Crippen molar-refractivity contribution in [1.82, 2.24) is 15.5 Å². The fourth-order valence-electron chi connectivity index (χ4n) is 2.85. The highest BCUT2D eigenvalue weighted by Crippen LogP contribution is 2.21. The number of likely N-dealkylation sites (N-methyl/N-ethyl adjacent to an activating group) is 1. The van der Waals surface area contributed by atoms with E-state index in [0.717, 1.165) is 31.6 Å². The van der Waals surface area contributed by atoms with Gasteiger partial charge in [0.2, 0.25) is 0 Å². The molecule has 126 valence electrons. The minimum atomic E-state index is 0. The summed E-state index contributed by atoms with van der Waals surface area (Å²) < 4.78 is 0. The maximum atomic E-state index is 4.28. The Kier molecular flexibility index (Phi) is 10.1. The van der Waals surface area contributed by atoms with Crippen LogP contribution in [0.15, 0.2) is 21.8 Å². The minimum absolute atomic E-state index is 0. The number of hydrogen-bond donors (Lipinski definition) is 2. The van der Waals surface area contributed by atoms with Gasteiger partial charge in [0.25, 0.3) is 0 Å². The van der Waals surface area contributed by atoms with Gasteiger partial charge in [0.1, 0.15) is 0 Å². The summed E-state index contributed by atoms with van der Waals surface area (Å²) in [5.74, 6) is 0.887. The average Bonchev–Trinajstić information content (AvgIpc) is 3.04. The molecular formula is C16H29IN4S. The summed E-state index contributed by atoms with van der Waals surface area (Å²) in [6.45, 7) is 2.85. The molecule has 1 heterocycles. The van der Waals surface area contributed by atoms with Gasteiger partial charge in [-0.25, -0.2) is 0 Å². The quantitative estimate of drug-likeness (QED) is 0.409. The lowest BCUT2D eigenvalue weighted by molar-refractivity contribution is 0.194. The van der Waals surface area contributed by atoms with Gasteiger partial charge < -0.3 is 15.5 Å². The Labute approximate surface area is 155 Å². The van der Waals surface area contributed by atoms with Crippen molar-refractivity contribution in [3.05, 3.63) is 22.4 Å². The molecule has 0 amide bonds. The molecule has 0 aromatic carbocycles. The number of hydrogen-bond acceptors (Lipinski definition) is 3. The highest BCUT2D eigenvalue weighted by Gasteiger charge is 2.17. The van der Waals surface area contributed by atoms with E-state index in [4.69, 9.17) is 0 Å². The van der Waals surface area contributed by atoms with Crippen LogP contribution >= 0.6 is 35.3 Å². The van der Waals surface area contributed by atoms with Crippen LogP contribution in [0.1, 0.15) is 37.7 Å². The summed E-state index contributed by atoms with van der Waals surface area (Å²) in [6.07, 6.45) is 6.93. The zero-order chi connectivity index (χ0) is 14.9. The number of nitrogens with one attached hydrogen (secondary N) is 2. The molecule has 1 aliphatic carbocycles. The molecule has 0 unspecified atom stereocenters. The Hall–Kier alpha value is -0.340. The lowest BCUT2D eigenvalue weighted by Gasteiger charge is -2.31. The van der Waals surface area contributed by atoms with Gasteiger partial charge in [-0.2, -0.15) is 11.3 Å². The second-order valence-corrected chi connectivity index (χ2v) is 6.54. The van der Waals surface area contributed by atoms with E-state index in [1.165, 1.54) is 37.7 Å². The first-order valence-electron chi connectivity index (χ1n) is 7.95. The monoisotopic (exact) mass is 436 g/mol. The smallest absolute Gasteiger partial charge is 0.191 e. The molecule has 22 heavy (non-hydrogen) atoms. The maximum Gasteiger partial charge on any atom is 0.191 e. The van der Waals surface area contributed by atoms with Crippen molar-refractivity contribution in [1.29, 1.82) is 0 Å². The summed E-state index contributed by atoms with van der Waals surface area (Å²) in [7, 11) is 4.08. The third kappa shape index (κ3) is 6.83. The Balaban J connectivity index is 0.00000242. The molecule has 2 rings (SSSR count). The molecule has 0 bridgehead atoms.